The van der Waals surface area contributed by atoms with E-state index in [-0.39, 0.29) is 11.8 Å². The van der Waals surface area contributed by atoms with Gasteiger partial charge >= 0.3 is 0 Å². The number of ketones is 1. The van der Waals surface area contributed by atoms with Crippen molar-refractivity contribution in [3.63, 3.8) is 0 Å². The molecule has 0 N–H and O–H groups in total. The molecule has 0 radical (unpaired) electrons. The maximum atomic E-state index is 12.4. The van der Waals surface area contributed by atoms with E-state index in [0.29, 0.717) is 28.9 Å². The fraction of sp³-hybridized carbons (Fsp3) is 0.333. The quantitative estimate of drug-likeness (QED) is 0.785. The predicted octanol–water partition coefficient (Wildman–Crippen LogP) is 3.86. The molecule has 0 fully saturated rings. The van der Waals surface area contributed by atoms with Gasteiger partial charge in [0.05, 0.1) is 11.6 Å². The van der Waals surface area contributed by atoms with E-state index >= 15 is 0 Å². The molecule has 0 bridgehead atoms. The molecule has 0 amide bonds. The van der Waals surface area contributed by atoms with Gasteiger partial charge in [0, 0.05) is 18.0 Å². The minimum Gasteiger partial charge on any atom is -0.292 e. The Bertz CT molecular complexity index is 801. The van der Waals surface area contributed by atoms with Crippen molar-refractivity contribution >= 4 is 5.78 Å². The van der Waals surface area contributed by atoms with Crippen molar-refractivity contribution in [2.24, 2.45) is 0 Å². The SMILES string of the molecule is CCCC(=O)c1c(C#N)c(-c2ccc(C#N)cc2)nn1C(C)C. The maximum absolute atomic E-state index is 12.4. The zero-order chi connectivity index (χ0) is 17.0. The first kappa shape index (κ1) is 16.5. The van der Waals surface area contributed by atoms with Crippen LogP contribution in [0.2, 0.25) is 0 Å². The fourth-order valence-electron chi connectivity index (χ4n) is 2.43. The van der Waals surface area contributed by atoms with Crippen LogP contribution in [0.25, 0.3) is 11.3 Å². The van der Waals surface area contributed by atoms with E-state index in [9.17, 15) is 10.1 Å². The third-order valence-corrected chi connectivity index (χ3v) is 3.54. The molecule has 0 atom stereocenters. The van der Waals surface area contributed by atoms with Crippen LogP contribution in [0.4, 0.5) is 0 Å². The maximum Gasteiger partial charge on any atom is 0.182 e. The first-order chi connectivity index (χ1) is 11.0. The number of carbonyl (C=O) groups excluding carboxylic acids is 1. The van der Waals surface area contributed by atoms with Crippen LogP contribution in [0, 0.1) is 22.7 Å². The Morgan fingerprint density at radius 2 is 1.87 bits per heavy atom. The van der Waals surface area contributed by atoms with Crippen LogP contribution in [0.5, 0.6) is 0 Å². The lowest BCUT2D eigenvalue weighted by Crippen LogP contribution is -2.13. The van der Waals surface area contributed by atoms with Gasteiger partial charge in [0.15, 0.2) is 5.78 Å². The molecule has 5 nitrogen and oxygen atoms in total. The summed E-state index contributed by atoms with van der Waals surface area (Å²) < 4.78 is 1.63. The molecular formula is C18H18N4O. The number of hydrogen-bond donors (Lipinski definition) is 0. The first-order valence-corrected chi connectivity index (χ1v) is 7.59. The van der Waals surface area contributed by atoms with E-state index in [1.54, 1.807) is 28.9 Å². The molecule has 0 saturated heterocycles. The number of nitriles is 2. The van der Waals surface area contributed by atoms with E-state index in [2.05, 4.69) is 17.2 Å². The molecule has 116 valence electrons. The zero-order valence-corrected chi connectivity index (χ0v) is 13.5. The van der Waals surface area contributed by atoms with Crippen molar-refractivity contribution in [3.05, 3.63) is 41.1 Å². The summed E-state index contributed by atoms with van der Waals surface area (Å²) >= 11 is 0. The Balaban J connectivity index is 2.65. The van der Waals surface area contributed by atoms with Gasteiger partial charge in [-0.25, -0.2) is 0 Å². The van der Waals surface area contributed by atoms with Crippen molar-refractivity contribution in [2.45, 2.75) is 39.7 Å². The highest BCUT2D eigenvalue weighted by Gasteiger charge is 2.25. The van der Waals surface area contributed by atoms with Crippen molar-refractivity contribution < 1.29 is 4.79 Å². The van der Waals surface area contributed by atoms with Gasteiger partial charge in [-0.1, -0.05) is 19.1 Å². The number of nitrogens with zero attached hydrogens (tertiary/aromatic N) is 4. The van der Waals surface area contributed by atoms with Gasteiger partial charge in [-0.2, -0.15) is 15.6 Å². The molecule has 1 aromatic heterocycles. The average Bonchev–Trinajstić information content (AvgIpc) is 2.95. The van der Waals surface area contributed by atoms with Gasteiger partial charge in [0.1, 0.15) is 23.0 Å². The van der Waals surface area contributed by atoms with Crippen LogP contribution >= 0.6 is 0 Å². The Morgan fingerprint density at radius 1 is 1.22 bits per heavy atom. The minimum absolute atomic E-state index is 0.0231. The minimum atomic E-state index is -0.0647. The van der Waals surface area contributed by atoms with Gasteiger partial charge in [0.2, 0.25) is 0 Å². The van der Waals surface area contributed by atoms with Gasteiger partial charge < -0.3 is 0 Å². The number of rotatable bonds is 5. The van der Waals surface area contributed by atoms with E-state index in [4.69, 9.17) is 5.26 Å². The second-order valence-electron chi connectivity index (χ2n) is 5.58. The molecule has 2 aromatic rings. The highest BCUT2D eigenvalue weighted by molar-refractivity contribution is 5.98. The number of Topliss-reactive ketones (excluding diaryl/α,β-unsaturated/α-hetero) is 1. The molecule has 0 saturated carbocycles. The summed E-state index contributed by atoms with van der Waals surface area (Å²) in [6.07, 6.45) is 1.11. The summed E-state index contributed by atoms with van der Waals surface area (Å²) in [5.41, 5.74) is 2.44. The molecule has 1 aromatic carbocycles. The Hall–Kier alpha value is -2.92. The highest BCUT2D eigenvalue weighted by atomic mass is 16.1. The lowest BCUT2D eigenvalue weighted by molar-refractivity contribution is 0.0969. The van der Waals surface area contributed by atoms with E-state index < -0.39 is 0 Å². The molecule has 0 spiro atoms. The molecule has 0 aliphatic carbocycles. The highest BCUT2D eigenvalue weighted by Crippen LogP contribution is 2.28. The number of hydrogen-bond acceptors (Lipinski definition) is 4. The van der Waals surface area contributed by atoms with Crippen LogP contribution in [0.3, 0.4) is 0 Å². The van der Waals surface area contributed by atoms with Gasteiger partial charge in [0.25, 0.3) is 0 Å². The molecule has 0 unspecified atom stereocenters. The lowest BCUT2D eigenvalue weighted by atomic mass is 10.0. The predicted molar refractivity (Wildman–Crippen MR) is 86.7 cm³/mol. The number of carbonyl (C=O) groups is 1. The summed E-state index contributed by atoms with van der Waals surface area (Å²) in [6.45, 7) is 5.79. The zero-order valence-electron chi connectivity index (χ0n) is 13.5. The molecular weight excluding hydrogens is 288 g/mol. The second kappa shape index (κ2) is 6.89. The van der Waals surface area contributed by atoms with Crippen LogP contribution in [-0.4, -0.2) is 15.6 Å². The average molecular weight is 306 g/mol. The molecule has 5 heteroatoms. The fourth-order valence-corrected chi connectivity index (χ4v) is 2.43. The molecule has 2 rings (SSSR count). The van der Waals surface area contributed by atoms with Crippen molar-refractivity contribution in [1.29, 1.82) is 10.5 Å². The third-order valence-electron chi connectivity index (χ3n) is 3.54. The first-order valence-electron chi connectivity index (χ1n) is 7.59. The number of benzene rings is 1. The van der Waals surface area contributed by atoms with Gasteiger partial charge in [-0.15, -0.1) is 0 Å². The van der Waals surface area contributed by atoms with Crippen molar-refractivity contribution in [1.82, 2.24) is 9.78 Å². The lowest BCUT2D eigenvalue weighted by Gasteiger charge is -2.09. The van der Waals surface area contributed by atoms with Crippen LogP contribution in [0.1, 0.15) is 61.3 Å². The molecule has 23 heavy (non-hydrogen) atoms. The molecule has 1 heterocycles. The summed E-state index contributed by atoms with van der Waals surface area (Å²) in [5, 5.41) is 23.0. The summed E-state index contributed by atoms with van der Waals surface area (Å²) in [5.74, 6) is -0.0647. The summed E-state index contributed by atoms with van der Waals surface area (Å²) in [4.78, 5) is 12.4. The standard InChI is InChI=1S/C18H18N4O/c1-4-5-16(23)18-15(11-20)17(21-22(18)12(2)3)14-8-6-13(10-19)7-9-14/h6-9,12H,4-5H2,1-3H3. The summed E-state index contributed by atoms with van der Waals surface area (Å²) in [6, 6.07) is 11.0. The molecule has 0 aliphatic rings. The largest absolute Gasteiger partial charge is 0.292 e. The van der Waals surface area contributed by atoms with E-state index in [0.717, 1.165) is 12.0 Å². The van der Waals surface area contributed by atoms with Crippen LogP contribution in [0.15, 0.2) is 24.3 Å². The summed E-state index contributed by atoms with van der Waals surface area (Å²) in [7, 11) is 0. The Labute approximate surface area is 135 Å². The normalized spacial score (nSPS) is 10.3. The van der Waals surface area contributed by atoms with Gasteiger partial charge in [-0.05, 0) is 32.4 Å². The second-order valence-corrected chi connectivity index (χ2v) is 5.58. The van der Waals surface area contributed by atoms with Crippen molar-refractivity contribution in [2.75, 3.05) is 0 Å². The Kier molecular flexibility index (Phi) is 4.93. The van der Waals surface area contributed by atoms with Crippen molar-refractivity contribution in [3.8, 4) is 23.4 Å². The van der Waals surface area contributed by atoms with Crippen LogP contribution < -0.4 is 0 Å². The Morgan fingerprint density at radius 3 is 2.35 bits per heavy atom. The van der Waals surface area contributed by atoms with Gasteiger partial charge in [-0.3, -0.25) is 9.48 Å². The topological polar surface area (TPSA) is 82.5 Å². The van der Waals surface area contributed by atoms with E-state index in [1.807, 2.05) is 20.8 Å². The third kappa shape index (κ3) is 3.14. The monoisotopic (exact) mass is 306 g/mol. The van der Waals surface area contributed by atoms with Crippen LogP contribution in [-0.2, 0) is 0 Å². The smallest absolute Gasteiger partial charge is 0.182 e. The number of aromatic nitrogens is 2. The van der Waals surface area contributed by atoms with E-state index in [1.165, 1.54) is 0 Å². The molecule has 0 aliphatic heterocycles.